The average molecular weight is 638 g/mol. The van der Waals surface area contributed by atoms with Crippen LogP contribution >= 0.6 is 11.6 Å². The lowest BCUT2D eigenvalue weighted by molar-refractivity contribution is 0.0597. The number of ether oxygens (including phenoxy) is 3. The number of aromatic amines is 1. The zero-order chi connectivity index (χ0) is 30.7. The van der Waals surface area contributed by atoms with Gasteiger partial charge in [0.25, 0.3) is 0 Å². The Balaban J connectivity index is 1.32. The number of benzene rings is 1. The highest BCUT2D eigenvalue weighted by Crippen LogP contribution is 2.51. The van der Waals surface area contributed by atoms with E-state index in [4.69, 9.17) is 40.8 Å². The lowest BCUT2D eigenvalue weighted by atomic mass is 9.76. The second kappa shape index (κ2) is 11.5. The first kappa shape index (κ1) is 29.1. The molecular formula is C32H37ClFN7O4. The number of aliphatic hydroxyl groups excluding tert-OH is 1. The van der Waals surface area contributed by atoms with Crippen LogP contribution in [0.5, 0.6) is 11.9 Å². The van der Waals surface area contributed by atoms with E-state index in [0.717, 1.165) is 62.4 Å². The predicted molar refractivity (Wildman–Crippen MR) is 168 cm³/mol. The summed E-state index contributed by atoms with van der Waals surface area (Å²) in [6.45, 7) is 2.70. The number of β-amino-alcohol motifs (C(OH)–C–C–N with tert-alkyl or cyclic N) is 1. The Morgan fingerprint density at radius 3 is 2.91 bits per heavy atom. The van der Waals surface area contributed by atoms with Gasteiger partial charge in [0.15, 0.2) is 5.82 Å². The molecule has 2 saturated heterocycles. The molecule has 13 heteroatoms. The quantitative estimate of drug-likeness (QED) is 0.261. The molecule has 4 fully saturated rings. The first-order chi connectivity index (χ1) is 22.0. The standard InChI is InChI=1S/C32H37ClFN7O4/c1-43-30-25-28(26(34)27(37-30)24-19-13-36-40-21(19)12-20(33)23(24)17-5-6-17)38-31(39-29(25)41-10-11-44-15-18(42)14-41)45-16-32-7-2-4-22(32)35-9-3-8-32/h12-13,17-18,22,35,42H,2-11,14-16H2,1H3,(H,36,40). The third-order valence-corrected chi connectivity index (χ3v) is 10.4. The van der Waals surface area contributed by atoms with Gasteiger partial charge in [0.2, 0.25) is 5.88 Å². The number of nitrogens with zero attached hydrogens (tertiary/aromatic N) is 5. The summed E-state index contributed by atoms with van der Waals surface area (Å²) in [5.74, 6) is 0.148. The van der Waals surface area contributed by atoms with Gasteiger partial charge in [0, 0.05) is 40.5 Å². The van der Waals surface area contributed by atoms with Crippen molar-refractivity contribution in [2.24, 2.45) is 5.41 Å². The Labute approximate surface area is 264 Å². The van der Waals surface area contributed by atoms with Gasteiger partial charge in [-0.25, -0.2) is 9.37 Å². The Morgan fingerprint density at radius 1 is 1.20 bits per heavy atom. The largest absolute Gasteiger partial charge is 0.480 e. The van der Waals surface area contributed by atoms with Crippen LogP contribution < -0.4 is 19.7 Å². The number of aromatic nitrogens is 5. The average Bonchev–Trinajstić information content (AvgIpc) is 3.68. The van der Waals surface area contributed by atoms with E-state index in [1.54, 1.807) is 6.20 Å². The zero-order valence-corrected chi connectivity index (χ0v) is 26.0. The zero-order valence-electron chi connectivity index (χ0n) is 25.2. The maximum absolute atomic E-state index is 17.2. The molecule has 4 aliphatic rings. The summed E-state index contributed by atoms with van der Waals surface area (Å²) in [7, 11) is 1.50. The summed E-state index contributed by atoms with van der Waals surface area (Å²) in [5, 5.41) is 23.1. The highest BCUT2D eigenvalue weighted by molar-refractivity contribution is 6.33. The molecule has 0 radical (unpaired) electrons. The fraction of sp³-hybridized carbons (Fsp3) is 0.562. The summed E-state index contributed by atoms with van der Waals surface area (Å²) in [4.78, 5) is 16.2. The van der Waals surface area contributed by atoms with Crippen LogP contribution in [0.2, 0.25) is 5.02 Å². The van der Waals surface area contributed by atoms with E-state index < -0.39 is 11.9 Å². The number of hydrogen-bond acceptors (Lipinski definition) is 10. The maximum Gasteiger partial charge on any atom is 0.319 e. The maximum atomic E-state index is 17.2. The van der Waals surface area contributed by atoms with Crippen LogP contribution in [-0.4, -0.2) is 89.0 Å². The number of nitrogens with one attached hydrogen (secondary N) is 2. The van der Waals surface area contributed by atoms with Gasteiger partial charge in [-0.3, -0.25) is 5.10 Å². The van der Waals surface area contributed by atoms with Crippen molar-refractivity contribution in [1.82, 2.24) is 30.5 Å². The summed E-state index contributed by atoms with van der Waals surface area (Å²) in [6.07, 6.45) is 8.33. The summed E-state index contributed by atoms with van der Waals surface area (Å²) >= 11 is 6.81. The predicted octanol–water partition coefficient (Wildman–Crippen LogP) is 4.75. The van der Waals surface area contributed by atoms with Crippen LogP contribution in [0.25, 0.3) is 33.1 Å². The van der Waals surface area contributed by atoms with E-state index in [2.05, 4.69) is 15.5 Å². The smallest absolute Gasteiger partial charge is 0.319 e. The number of hydrogen-bond donors (Lipinski definition) is 3. The van der Waals surface area contributed by atoms with Crippen molar-refractivity contribution in [3.8, 4) is 23.1 Å². The SMILES string of the molecule is COc1nc(-c2c(C3CC3)c(Cl)cc3[nH]ncc23)c(F)c2nc(OCC34CCCNC3CCC4)nc(N3CCOCC(O)C3)c12. The molecular weight excluding hydrogens is 601 g/mol. The highest BCUT2D eigenvalue weighted by Gasteiger charge is 2.45. The number of piperidine rings is 1. The molecule has 8 rings (SSSR count). The normalized spacial score (nSPS) is 25.5. The van der Waals surface area contributed by atoms with E-state index in [-0.39, 0.29) is 47.6 Å². The van der Waals surface area contributed by atoms with Gasteiger partial charge < -0.3 is 29.5 Å². The van der Waals surface area contributed by atoms with Crippen LogP contribution in [-0.2, 0) is 4.74 Å². The van der Waals surface area contributed by atoms with Crippen molar-refractivity contribution in [2.75, 3.05) is 51.5 Å². The Hall–Kier alpha value is -3.32. The summed E-state index contributed by atoms with van der Waals surface area (Å²) in [5.41, 5.74) is 2.27. The molecule has 3 unspecified atom stereocenters. The van der Waals surface area contributed by atoms with Gasteiger partial charge in [-0.15, -0.1) is 0 Å². The second-order valence-corrected chi connectivity index (χ2v) is 13.3. The van der Waals surface area contributed by atoms with Crippen LogP contribution in [0.15, 0.2) is 12.3 Å². The molecule has 0 bridgehead atoms. The number of pyridine rings is 1. The van der Waals surface area contributed by atoms with E-state index in [9.17, 15) is 5.11 Å². The van der Waals surface area contributed by atoms with Crippen LogP contribution in [0.4, 0.5) is 10.2 Å². The molecule has 3 aromatic heterocycles. The van der Waals surface area contributed by atoms with Crippen molar-refractivity contribution in [3.63, 3.8) is 0 Å². The fourth-order valence-electron chi connectivity index (χ4n) is 7.72. The molecule has 5 heterocycles. The van der Waals surface area contributed by atoms with Crippen LogP contribution in [0.1, 0.15) is 56.4 Å². The third-order valence-electron chi connectivity index (χ3n) is 10.0. The topological polar surface area (TPSA) is 131 Å². The third kappa shape index (κ3) is 5.06. The van der Waals surface area contributed by atoms with Gasteiger partial charge >= 0.3 is 6.01 Å². The van der Waals surface area contributed by atoms with Crippen molar-refractivity contribution in [3.05, 3.63) is 28.7 Å². The molecule has 1 aromatic carbocycles. The highest BCUT2D eigenvalue weighted by atomic mass is 35.5. The molecule has 45 heavy (non-hydrogen) atoms. The molecule has 0 spiro atoms. The molecule has 2 saturated carbocycles. The molecule has 238 valence electrons. The summed E-state index contributed by atoms with van der Waals surface area (Å²) in [6, 6.07) is 2.31. The number of H-pyrrole nitrogens is 1. The number of fused-ring (bicyclic) bond motifs is 3. The van der Waals surface area contributed by atoms with Gasteiger partial charge in [0.05, 0.1) is 44.7 Å². The van der Waals surface area contributed by atoms with Crippen LogP contribution in [0.3, 0.4) is 0 Å². The van der Waals surface area contributed by atoms with Crippen molar-refractivity contribution >= 4 is 39.2 Å². The number of methoxy groups -OCH3 is 1. The van der Waals surface area contributed by atoms with Gasteiger partial charge in [-0.1, -0.05) is 18.0 Å². The Kier molecular flexibility index (Phi) is 7.43. The minimum absolute atomic E-state index is 0.00412. The van der Waals surface area contributed by atoms with Crippen molar-refractivity contribution < 1.29 is 23.7 Å². The monoisotopic (exact) mass is 637 g/mol. The summed E-state index contributed by atoms with van der Waals surface area (Å²) < 4.78 is 35.0. The van der Waals surface area contributed by atoms with E-state index >= 15 is 4.39 Å². The van der Waals surface area contributed by atoms with Gasteiger partial charge in [0.1, 0.15) is 22.4 Å². The first-order valence-electron chi connectivity index (χ1n) is 15.9. The first-order valence-corrected chi connectivity index (χ1v) is 16.3. The van der Waals surface area contributed by atoms with Gasteiger partial charge in [-0.2, -0.15) is 15.1 Å². The molecule has 3 N–H and O–H groups in total. The molecule has 4 aromatic rings. The van der Waals surface area contributed by atoms with Crippen LogP contribution in [0, 0.1) is 11.2 Å². The molecule has 3 atom stereocenters. The lowest BCUT2D eigenvalue weighted by Crippen LogP contribution is -2.49. The van der Waals surface area contributed by atoms with E-state index in [1.807, 2.05) is 11.0 Å². The molecule has 2 aliphatic carbocycles. The Morgan fingerprint density at radius 2 is 2.07 bits per heavy atom. The minimum Gasteiger partial charge on any atom is -0.480 e. The van der Waals surface area contributed by atoms with E-state index in [1.165, 1.54) is 7.11 Å². The number of anilines is 1. The van der Waals surface area contributed by atoms with E-state index in [0.29, 0.717) is 53.1 Å². The molecule has 0 amide bonds. The number of aliphatic hydroxyl groups is 1. The second-order valence-electron chi connectivity index (χ2n) is 12.9. The van der Waals surface area contributed by atoms with Crippen molar-refractivity contribution in [1.29, 1.82) is 0 Å². The van der Waals surface area contributed by atoms with Crippen molar-refractivity contribution in [2.45, 2.75) is 63.0 Å². The Bertz CT molecular complexity index is 1770. The fourth-order valence-corrected chi connectivity index (χ4v) is 8.08. The number of halogens is 2. The molecule has 11 nitrogen and oxygen atoms in total. The number of rotatable bonds is 7. The van der Waals surface area contributed by atoms with Gasteiger partial charge in [-0.05, 0) is 62.6 Å². The lowest BCUT2D eigenvalue weighted by Gasteiger charge is -2.39. The molecule has 2 aliphatic heterocycles. The minimum atomic E-state index is -0.752.